The Morgan fingerprint density at radius 2 is 2.16 bits per heavy atom. The molecule has 0 amide bonds. The van der Waals surface area contributed by atoms with E-state index < -0.39 is 0 Å². The van der Waals surface area contributed by atoms with Crippen LogP contribution in [0.25, 0.3) is 0 Å². The molecule has 3 rings (SSSR count). The van der Waals surface area contributed by atoms with E-state index in [0.717, 1.165) is 43.5 Å². The predicted octanol–water partition coefficient (Wildman–Crippen LogP) is 2.12. The largest absolute Gasteiger partial charge is 0.383 e. The fourth-order valence-electron chi connectivity index (χ4n) is 4.71. The summed E-state index contributed by atoms with van der Waals surface area (Å²) in [5.74, 6) is 3.20. The van der Waals surface area contributed by atoms with Crippen LogP contribution < -0.4 is 5.32 Å². The first-order valence-corrected chi connectivity index (χ1v) is 8.30. The Morgan fingerprint density at radius 3 is 2.89 bits per heavy atom. The Morgan fingerprint density at radius 1 is 1.21 bits per heavy atom. The molecule has 1 heterocycles. The molecule has 1 saturated heterocycles. The highest BCUT2D eigenvalue weighted by molar-refractivity contribution is 4.93. The minimum absolute atomic E-state index is 0.788. The molecule has 1 N–H and O–H groups in total. The fourth-order valence-corrected chi connectivity index (χ4v) is 4.71. The first kappa shape index (κ1) is 13.8. The van der Waals surface area contributed by atoms with Crippen molar-refractivity contribution in [3.8, 4) is 0 Å². The van der Waals surface area contributed by atoms with Gasteiger partial charge in [-0.3, -0.25) is 4.90 Å². The second-order valence-corrected chi connectivity index (χ2v) is 6.92. The van der Waals surface area contributed by atoms with Gasteiger partial charge in [0.25, 0.3) is 0 Å². The summed E-state index contributed by atoms with van der Waals surface area (Å²) in [6.07, 6.45) is 8.93. The summed E-state index contributed by atoms with van der Waals surface area (Å²) in [4.78, 5) is 2.78. The van der Waals surface area contributed by atoms with Crippen LogP contribution in [0.4, 0.5) is 0 Å². The minimum atomic E-state index is 0.788. The van der Waals surface area contributed by atoms with Gasteiger partial charge in [0.15, 0.2) is 0 Å². The SMILES string of the molecule is COCCNCC1CCCN1CC1CC2CCC1C2. The third-order valence-electron chi connectivity index (χ3n) is 5.72. The van der Waals surface area contributed by atoms with E-state index in [2.05, 4.69) is 10.2 Å². The number of nitrogens with one attached hydrogen (secondary N) is 1. The van der Waals surface area contributed by atoms with Gasteiger partial charge in [0.1, 0.15) is 0 Å². The number of likely N-dealkylation sites (tertiary alicyclic amines) is 1. The van der Waals surface area contributed by atoms with Crippen molar-refractivity contribution in [2.24, 2.45) is 17.8 Å². The molecule has 110 valence electrons. The number of ether oxygens (including phenoxy) is 1. The fraction of sp³-hybridized carbons (Fsp3) is 1.00. The lowest BCUT2D eigenvalue weighted by molar-refractivity contribution is 0.167. The zero-order valence-corrected chi connectivity index (χ0v) is 12.4. The number of methoxy groups -OCH3 is 1. The lowest BCUT2D eigenvalue weighted by Gasteiger charge is -2.31. The van der Waals surface area contributed by atoms with E-state index in [1.165, 1.54) is 45.2 Å². The average Bonchev–Trinajstić information content (AvgIpc) is 3.12. The van der Waals surface area contributed by atoms with E-state index in [1.807, 2.05) is 0 Å². The maximum atomic E-state index is 5.10. The summed E-state index contributed by atoms with van der Waals surface area (Å²) >= 11 is 0. The third-order valence-corrected chi connectivity index (χ3v) is 5.72. The van der Waals surface area contributed by atoms with E-state index in [4.69, 9.17) is 4.74 Å². The van der Waals surface area contributed by atoms with Gasteiger partial charge in [0, 0.05) is 32.8 Å². The van der Waals surface area contributed by atoms with Crippen molar-refractivity contribution in [3.63, 3.8) is 0 Å². The number of nitrogens with zero attached hydrogens (tertiary/aromatic N) is 1. The molecule has 0 aromatic heterocycles. The van der Waals surface area contributed by atoms with Gasteiger partial charge in [0.2, 0.25) is 0 Å². The number of fused-ring (bicyclic) bond motifs is 2. The molecule has 2 bridgehead atoms. The molecule has 0 radical (unpaired) electrons. The van der Waals surface area contributed by atoms with Gasteiger partial charge in [-0.15, -0.1) is 0 Å². The molecule has 19 heavy (non-hydrogen) atoms. The second kappa shape index (κ2) is 6.55. The van der Waals surface area contributed by atoms with Crippen molar-refractivity contribution in [3.05, 3.63) is 0 Å². The van der Waals surface area contributed by atoms with E-state index in [1.54, 1.807) is 13.5 Å². The van der Waals surface area contributed by atoms with Crippen molar-refractivity contribution < 1.29 is 4.74 Å². The molecule has 3 heteroatoms. The summed E-state index contributed by atoms with van der Waals surface area (Å²) < 4.78 is 5.10. The molecule has 2 aliphatic carbocycles. The Bertz CT molecular complexity index is 284. The number of hydrogen-bond acceptors (Lipinski definition) is 3. The molecule has 4 atom stereocenters. The highest BCUT2D eigenvalue weighted by Gasteiger charge is 2.41. The van der Waals surface area contributed by atoms with Gasteiger partial charge in [-0.1, -0.05) is 6.42 Å². The highest BCUT2D eigenvalue weighted by Crippen LogP contribution is 2.48. The molecule has 3 nitrogen and oxygen atoms in total. The summed E-state index contributed by atoms with van der Waals surface area (Å²) in [7, 11) is 1.78. The van der Waals surface area contributed by atoms with Crippen LogP contribution in [0.1, 0.15) is 38.5 Å². The maximum Gasteiger partial charge on any atom is 0.0587 e. The summed E-state index contributed by atoms with van der Waals surface area (Å²) in [6.45, 7) is 5.71. The zero-order valence-electron chi connectivity index (χ0n) is 12.4. The molecule has 0 spiro atoms. The van der Waals surface area contributed by atoms with Crippen LogP contribution in [-0.2, 0) is 4.74 Å². The molecular weight excluding hydrogens is 236 g/mol. The molecule has 0 aromatic carbocycles. The summed E-state index contributed by atoms with van der Waals surface area (Å²) in [5.41, 5.74) is 0. The van der Waals surface area contributed by atoms with Crippen molar-refractivity contribution in [1.29, 1.82) is 0 Å². The normalized spacial score (nSPS) is 38.4. The van der Waals surface area contributed by atoms with E-state index in [0.29, 0.717) is 0 Å². The highest BCUT2D eigenvalue weighted by atomic mass is 16.5. The van der Waals surface area contributed by atoms with Gasteiger partial charge >= 0.3 is 0 Å². The van der Waals surface area contributed by atoms with Crippen molar-refractivity contribution in [2.75, 3.05) is 39.9 Å². The van der Waals surface area contributed by atoms with Crippen molar-refractivity contribution in [2.45, 2.75) is 44.6 Å². The summed E-state index contributed by atoms with van der Waals surface area (Å²) in [5, 5.41) is 3.55. The van der Waals surface area contributed by atoms with Gasteiger partial charge < -0.3 is 10.1 Å². The molecule has 1 aliphatic heterocycles. The third kappa shape index (κ3) is 3.32. The molecule has 3 aliphatic rings. The molecule has 0 aromatic rings. The maximum absolute atomic E-state index is 5.10. The lowest BCUT2D eigenvalue weighted by atomic mass is 9.88. The minimum Gasteiger partial charge on any atom is -0.383 e. The standard InChI is InChI=1S/C16H30N2O/c1-19-8-6-17-11-16-3-2-7-18(16)12-15-10-13-4-5-14(15)9-13/h13-17H,2-12H2,1H3. The van der Waals surface area contributed by atoms with Crippen molar-refractivity contribution >= 4 is 0 Å². The monoisotopic (exact) mass is 266 g/mol. The topological polar surface area (TPSA) is 24.5 Å². The van der Waals surface area contributed by atoms with Crippen LogP contribution in [-0.4, -0.2) is 50.8 Å². The predicted molar refractivity (Wildman–Crippen MR) is 78.3 cm³/mol. The molecule has 4 unspecified atom stereocenters. The van der Waals surface area contributed by atoms with E-state index in [9.17, 15) is 0 Å². The quantitative estimate of drug-likeness (QED) is 0.714. The van der Waals surface area contributed by atoms with Gasteiger partial charge in [-0.2, -0.15) is 0 Å². The van der Waals surface area contributed by atoms with Crippen LogP contribution in [0.5, 0.6) is 0 Å². The van der Waals surface area contributed by atoms with Crippen molar-refractivity contribution in [1.82, 2.24) is 10.2 Å². The Kier molecular flexibility index (Phi) is 4.78. The second-order valence-electron chi connectivity index (χ2n) is 6.92. The van der Waals surface area contributed by atoms with Crippen LogP contribution in [0, 0.1) is 17.8 Å². The first-order valence-electron chi connectivity index (χ1n) is 8.30. The summed E-state index contributed by atoms with van der Waals surface area (Å²) in [6, 6.07) is 0.788. The molecule has 2 saturated carbocycles. The van der Waals surface area contributed by atoms with Crippen LogP contribution in [0.2, 0.25) is 0 Å². The Hall–Kier alpha value is -0.120. The van der Waals surface area contributed by atoms with Gasteiger partial charge in [-0.05, 0) is 56.4 Å². The average molecular weight is 266 g/mol. The Balaban J connectivity index is 1.41. The number of hydrogen-bond donors (Lipinski definition) is 1. The van der Waals surface area contributed by atoms with Crippen LogP contribution >= 0.6 is 0 Å². The molecule has 3 fully saturated rings. The van der Waals surface area contributed by atoms with E-state index >= 15 is 0 Å². The lowest BCUT2D eigenvalue weighted by Crippen LogP contribution is -2.41. The zero-order chi connectivity index (χ0) is 13.1. The van der Waals surface area contributed by atoms with E-state index in [-0.39, 0.29) is 0 Å². The number of rotatable bonds is 7. The first-order chi connectivity index (χ1) is 9.36. The van der Waals surface area contributed by atoms with Gasteiger partial charge in [0.05, 0.1) is 6.61 Å². The van der Waals surface area contributed by atoms with Gasteiger partial charge in [-0.25, -0.2) is 0 Å². The Labute approximate surface area is 118 Å². The van der Waals surface area contributed by atoms with Crippen LogP contribution in [0.3, 0.4) is 0 Å². The van der Waals surface area contributed by atoms with Crippen LogP contribution in [0.15, 0.2) is 0 Å². The smallest absolute Gasteiger partial charge is 0.0587 e. The molecular formula is C16H30N2O.